The minimum atomic E-state index is -0.969. The first kappa shape index (κ1) is 23.1. The van der Waals surface area contributed by atoms with Crippen LogP contribution in [-0.4, -0.2) is 22.2 Å². The molecule has 0 saturated heterocycles. The fraction of sp³-hybridized carbons (Fsp3) is 0.214. The molecule has 0 aliphatic carbocycles. The Kier molecular flexibility index (Phi) is 7.60. The van der Waals surface area contributed by atoms with E-state index in [1.54, 1.807) is 6.07 Å². The van der Waals surface area contributed by atoms with Gasteiger partial charge in [0.15, 0.2) is 6.10 Å². The van der Waals surface area contributed by atoms with Crippen LogP contribution < -0.4 is 14.2 Å². The van der Waals surface area contributed by atoms with E-state index in [0.29, 0.717) is 30.3 Å². The summed E-state index contributed by atoms with van der Waals surface area (Å²) in [5.41, 5.74) is 2.55. The van der Waals surface area contributed by atoms with E-state index in [0.717, 1.165) is 28.6 Å². The van der Waals surface area contributed by atoms with Crippen molar-refractivity contribution in [1.29, 1.82) is 0 Å². The third kappa shape index (κ3) is 6.04. The quantitative estimate of drug-likeness (QED) is 0.297. The molecule has 4 aromatic rings. The van der Waals surface area contributed by atoms with Crippen molar-refractivity contribution in [2.24, 2.45) is 0 Å². The molecule has 0 fully saturated rings. The second-order valence-electron chi connectivity index (χ2n) is 7.89. The number of pyridine rings is 1. The van der Waals surface area contributed by atoms with Crippen LogP contribution in [0.1, 0.15) is 31.0 Å². The predicted octanol–water partition coefficient (Wildman–Crippen LogP) is 6.02. The van der Waals surface area contributed by atoms with Gasteiger partial charge in [-0.15, -0.1) is 0 Å². The zero-order chi connectivity index (χ0) is 23.8. The van der Waals surface area contributed by atoms with Gasteiger partial charge in [-0.05, 0) is 36.8 Å². The van der Waals surface area contributed by atoms with Crippen LogP contribution >= 0.6 is 0 Å². The molecule has 0 bridgehead atoms. The van der Waals surface area contributed by atoms with Crippen molar-refractivity contribution < 1.29 is 24.1 Å². The van der Waals surface area contributed by atoms with Gasteiger partial charge in [-0.1, -0.05) is 61.9 Å². The number of fused-ring (bicyclic) bond motifs is 1. The monoisotopic (exact) mass is 457 g/mol. The minimum Gasteiger partial charge on any atom is -0.489 e. The van der Waals surface area contributed by atoms with Crippen molar-refractivity contribution in [3.8, 4) is 17.2 Å². The molecule has 0 spiro atoms. The molecule has 3 aromatic carbocycles. The number of aromatic nitrogens is 1. The van der Waals surface area contributed by atoms with Gasteiger partial charge in [0.05, 0.1) is 11.2 Å². The van der Waals surface area contributed by atoms with E-state index in [1.807, 2.05) is 85.8 Å². The Balaban J connectivity index is 1.38. The van der Waals surface area contributed by atoms with Crippen molar-refractivity contribution in [1.82, 2.24) is 4.98 Å². The predicted molar refractivity (Wildman–Crippen MR) is 130 cm³/mol. The average Bonchev–Trinajstić information content (AvgIpc) is 2.86. The molecule has 0 radical (unpaired) electrons. The molecule has 1 heterocycles. The highest BCUT2D eigenvalue weighted by Gasteiger charge is 2.19. The van der Waals surface area contributed by atoms with E-state index in [1.165, 1.54) is 0 Å². The Labute approximate surface area is 198 Å². The highest BCUT2D eigenvalue weighted by Crippen LogP contribution is 2.25. The molecule has 1 N–H and O–H groups in total. The fourth-order valence-electron chi connectivity index (χ4n) is 3.55. The summed E-state index contributed by atoms with van der Waals surface area (Å²) in [6, 6.07) is 26.7. The number of hydrogen-bond donors (Lipinski definition) is 1. The summed E-state index contributed by atoms with van der Waals surface area (Å²) in [6.07, 6.45) is 0.277. The number of ether oxygens (including phenoxy) is 3. The van der Waals surface area contributed by atoms with E-state index in [2.05, 4.69) is 4.98 Å². The minimum absolute atomic E-state index is 0.240. The van der Waals surface area contributed by atoms with Gasteiger partial charge in [0, 0.05) is 17.0 Å². The SMILES string of the molecule is CCCC(Oc1ccccc1COc1cccc(OCc2ccc3ccccc3n2)c1)C(=O)O. The molecule has 4 rings (SSSR count). The molecule has 174 valence electrons. The van der Waals surface area contributed by atoms with Crippen molar-refractivity contribution in [2.45, 2.75) is 39.1 Å². The van der Waals surface area contributed by atoms with Crippen LogP contribution in [0.25, 0.3) is 10.9 Å². The number of hydrogen-bond acceptors (Lipinski definition) is 5. The van der Waals surface area contributed by atoms with Crippen LogP contribution in [0.5, 0.6) is 17.2 Å². The molecule has 6 nitrogen and oxygen atoms in total. The van der Waals surface area contributed by atoms with Gasteiger partial charge in [0.2, 0.25) is 0 Å². The first-order valence-electron chi connectivity index (χ1n) is 11.3. The second kappa shape index (κ2) is 11.2. The normalized spacial score (nSPS) is 11.7. The lowest BCUT2D eigenvalue weighted by Gasteiger charge is -2.17. The zero-order valence-corrected chi connectivity index (χ0v) is 19.0. The number of carbonyl (C=O) groups is 1. The van der Waals surface area contributed by atoms with Crippen molar-refractivity contribution >= 4 is 16.9 Å². The Morgan fingerprint density at radius 2 is 1.62 bits per heavy atom. The number of nitrogens with zero attached hydrogens (tertiary/aromatic N) is 1. The number of carboxylic acid groups (broad SMARTS) is 1. The van der Waals surface area contributed by atoms with E-state index < -0.39 is 12.1 Å². The van der Waals surface area contributed by atoms with Crippen LogP contribution in [0.15, 0.2) is 84.9 Å². The molecular weight excluding hydrogens is 430 g/mol. The maximum atomic E-state index is 11.5. The average molecular weight is 458 g/mol. The van der Waals surface area contributed by atoms with E-state index >= 15 is 0 Å². The lowest BCUT2D eigenvalue weighted by atomic mass is 10.2. The van der Waals surface area contributed by atoms with Crippen LogP contribution in [0.4, 0.5) is 0 Å². The molecule has 0 saturated carbocycles. The summed E-state index contributed by atoms with van der Waals surface area (Å²) in [7, 11) is 0. The third-order valence-corrected chi connectivity index (χ3v) is 5.31. The van der Waals surface area contributed by atoms with Crippen molar-refractivity contribution in [3.63, 3.8) is 0 Å². The molecule has 0 amide bonds. The summed E-state index contributed by atoms with van der Waals surface area (Å²) >= 11 is 0. The third-order valence-electron chi connectivity index (χ3n) is 5.31. The standard InChI is InChI=1S/C28H27NO5/c1-2-8-27(28(30)31)34-26-14-6-4-10-21(26)18-32-23-11-7-12-24(17-23)33-19-22-16-15-20-9-3-5-13-25(20)29-22/h3-7,9-17,27H,2,8,18-19H2,1H3,(H,30,31). The lowest BCUT2D eigenvalue weighted by molar-refractivity contribution is -0.145. The summed E-state index contributed by atoms with van der Waals surface area (Å²) in [4.78, 5) is 16.1. The van der Waals surface area contributed by atoms with Gasteiger partial charge in [-0.25, -0.2) is 9.78 Å². The maximum absolute atomic E-state index is 11.5. The lowest BCUT2D eigenvalue weighted by Crippen LogP contribution is -2.27. The molecule has 6 heteroatoms. The second-order valence-corrected chi connectivity index (χ2v) is 7.89. The number of benzene rings is 3. The van der Waals surface area contributed by atoms with Crippen molar-refractivity contribution in [2.75, 3.05) is 0 Å². The Bertz CT molecular complexity index is 1260. The first-order chi connectivity index (χ1) is 16.6. The van der Waals surface area contributed by atoms with E-state index in [9.17, 15) is 9.90 Å². The number of rotatable bonds is 11. The first-order valence-corrected chi connectivity index (χ1v) is 11.3. The summed E-state index contributed by atoms with van der Waals surface area (Å²) in [5, 5.41) is 10.5. The summed E-state index contributed by atoms with van der Waals surface area (Å²) in [6.45, 7) is 2.52. The van der Waals surface area contributed by atoms with Crippen LogP contribution in [0.3, 0.4) is 0 Å². The maximum Gasteiger partial charge on any atom is 0.344 e. The molecule has 0 aliphatic rings. The molecule has 0 aliphatic heterocycles. The Morgan fingerprint density at radius 3 is 2.41 bits per heavy atom. The van der Waals surface area contributed by atoms with Crippen LogP contribution in [0.2, 0.25) is 0 Å². The number of para-hydroxylation sites is 2. The summed E-state index contributed by atoms with van der Waals surface area (Å²) in [5.74, 6) is 0.856. The number of carboxylic acids is 1. The Hall–Kier alpha value is -4.06. The smallest absolute Gasteiger partial charge is 0.344 e. The van der Waals surface area contributed by atoms with Gasteiger partial charge in [-0.2, -0.15) is 0 Å². The van der Waals surface area contributed by atoms with Gasteiger partial charge in [-0.3, -0.25) is 0 Å². The molecule has 1 aromatic heterocycles. The van der Waals surface area contributed by atoms with Gasteiger partial charge in [0.1, 0.15) is 30.5 Å². The molecule has 1 atom stereocenters. The highest BCUT2D eigenvalue weighted by molar-refractivity contribution is 5.78. The topological polar surface area (TPSA) is 77.9 Å². The fourth-order valence-corrected chi connectivity index (χ4v) is 3.55. The van der Waals surface area contributed by atoms with E-state index in [4.69, 9.17) is 14.2 Å². The number of aliphatic carboxylic acids is 1. The highest BCUT2D eigenvalue weighted by atomic mass is 16.5. The van der Waals surface area contributed by atoms with Crippen LogP contribution in [-0.2, 0) is 18.0 Å². The van der Waals surface area contributed by atoms with Gasteiger partial charge < -0.3 is 19.3 Å². The van der Waals surface area contributed by atoms with Crippen LogP contribution in [0, 0.1) is 0 Å². The van der Waals surface area contributed by atoms with E-state index in [-0.39, 0.29) is 6.61 Å². The summed E-state index contributed by atoms with van der Waals surface area (Å²) < 4.78 is 17.7. The Morgan fingerprint density at radius 1 is 0.882 bits per heavy atom. The largest absolute Gasteiger partial charge is 0.489 e. The van der Waals surface area contributed by atoms with Gasteiger partial charge >= 0.3 is 5.97 Å². The van der Waals surface area contributed by atoms with Crippen molar-refractivity contribution in [3.05, 3.63) is 96.2 Å². The molecule has 1 unspecified atom stereocenters. The zero-order valence-electron chi connectivity index (χ0n) is 19.0. The molecule has 34 heavy (non-hydrogen) atoms. The van der Waals surface area contributed by atoms with Gasteiger partial charge in [0.25, 0.3) is 0 Å². The molecular formula is C28H27NO5.